The molecule has 0 aromatic heterocycles. The maximum Gasteiger partial charge on any atom is 0.309 e. The number of likely N-dealkylation sites (tertiary alicyclic amines) is 1. The van der Waals surface area contributed by atoms with Crippen molar-refractivity contribution in [2.75, 3.05) is 26.8 Å². The molecule has 0 saturated carbocycles. The van der Waals surface area contributed by atoms with Gasteiger partial charge in [-0.1, -0.05) is 42.5 Å². The summed E-state index contributed by atoms with van der Waals surface area (Å²) in [6.45, 7) is 5.39. The van der Waals surface area contributed by atoms with Crippen LogP contribution in [0.15, 0.2) is 54.6 Å². The Hall–Kier alpha value is -2.33. The Morgan fingerprint density at radius 3 is 2.48 bits per heavy atom. The van der Waals surface area contributed by atoms with E-state index in [2.05, 4.69) is 47.4 Å². The molecular formula is C25H33NO3. The molecule has 0 N–H and O–H groups in total. The largest absolute Gasteiger partial charge is 0.497 e. The molecule has 0 bridgehead atoms. The number of rotatable bonds is 9. The first-order valence-electron chi connectivity index (χ1n) is 10.8. The molecule has 2 aromatic rings. The van der Waals surface area contributed by atoms with Crippen molar-refractivity contribution in [3.63, 3.8) is 0 Å². The van der Waals surface area contributed by atoms with Gasteiger partial charge in [0.15, 0.2) is 0 Å². The summed E-state index contributed by atoms with van der Waals surface area (Å²) in [5.74, 6) is 1.20. The number of piperidine rings is 1. The Bertz CT molecular complexity index is 754. The highest BCUT2D eigenvalue weighted by molar-refractivity contribution is 5.72. The van der Waals surface area contributed by atoms with Gasteiger partial charge in [0, 0.05) is 6.54 Å². The SMILES string of the molecule is CCOC(=O)C(CCc1cccc(OC)c1)C1CCN(Cc2ccccc2)CC1. The van der Waals surface area contributed by atoms with E-state index in [1.54, 1.807) is 7.11 Å². The van der Waals surface area contributed by atoms with Gasteiger partial charge in [-0.15, -0.1) is 0 Å². The lowest BCUT2D eigenvalue weighted by atomic mass is 9.81. The number of carbonyl (C=O) groups excluding carboxylic acids is 1. The van der Waals surface area contributed by atoms with E-state index in [-0.39, 0.29) is 11.9 Å². The molecule has 0 spiro atoms. The zero-order valence-corrected chi connectivity index (χ0v) is 17.7. The van der Waals surface area contributed by atoms with E-state index in [0.717, 1.165) is 51.1 Å². The van der Waals surface area contributed by atoms with Crippen molar-refractivity contribution in [1.82, 2.24) is 4.90 Å². The van der Waals surface area contributed by atoms with Crippen LogP contribution in [0.25, 0.3) is 0 Å². The summed E-state index contributed by atoms with van der Waals surface area (Å²) in [7, 11) is 1.68. The number of carbonyl (C=O) groups is 1. The third-order valence-electron chi connectivity index (χ3n) is 5.92. The van der Waals surface area contributed by atoms with Crippen LogP contribution in [-0.2, 0) is 22.5 Å². The minimum atomic E-state index is -0.0306. The fraction of sp³-hybridized carbons (Fsp3) is 0.480. The fourth-order valence-corrected chi connectivity index (χ4v) is 4.30. The molecule has 0 radical (unpaired) electrons. The topological polar surface area (TPSA) is 38.8 Å². The van der Waals surface area contributed by atoms with Gasteiger partial charge in [-0.05, 0) is 74.9 Å². The van der Waals surface area contributed by atoms with Crippen LogP contribution in [0.2, 0.25) is 0 Å². The highest BCUT2D eigenvalue weighted by atomic mass is 16.5. The zero-order chi connectivity index (χ0) is 20.5. The van der Waals surface area contributed by atoms with Crippen LogP contribution in [0.3, 0.4) is 0 Å². The van der Waals surface area contributed by atoms with Crippen molar-refractivity contribution in [3.05, 3.63) is 65.7 Å². The quantitative estimate of drug-likeness (QED) is 0.576. The van der Waals surface area contributed by atoms with E-state index < -0.39 is 0 Å². The Labute approximate surface area is 174 Å². The van der Waals surface area contributed by atoms with Crippen molar-refractivity contribution in [1.29, 1.82) is 0 Å². The molecule has 1 atom stereocenters. The Morgan fingerprint density at radius 2 is 1.79 bits per heavy atom. The van der Waals surface area contributed by atoms with Crippen LogP contribution in [0.4, 0.5) is 0 Å². The van der Waals surface area contributed by atoms with Crippen LogP contribution in [0.1, 0.15) is 37.3 Å². The maximum atomic E-state index is 12.7. The predicted molar refractivity (Wildman–Crippen MR) is 116 cm³/mol. The molecule has 0 amide bonds. The number of hydrogen-bond acceptors (Lipinski definition) is 4. The summed E-state index contributed by atoms with van der Waals surface area (Å²) >= 11 is 0. The molecule has 2 aromatic carbocycles. The van der Waals surface area contributed by atoms with E-state index in [1.807, 2.05) is 19.1 Å². The summed E-state index contributed by atoms with van der Waals surface area (Å²) in [6.07, 6.45) is 3.79. The van der Waals surface area contributed by atoms with Gasteiger partial charge in [0.25, 0.3) is 0 Å². The summed E-state index contributed by atoms with van der Waals surface area (Å²) in [5, 5.41) is 0. The van der Waals surface area contributed by atoms with Gasteiger partial charge in [-0.2, -0.15) is 0 Å². The molecule has 1 aliphatic rings. The highest BCUT2D eigenvalue weighted by Crippen LogP contribution is 2.30. The number of aryl methyl sites for hydroxylation is 1. The van der Waals surface area contributed by atoms with Gasteiger partial charge in [0.05, 0.1) is 19.6 Å². The van der Waals surface area contributed by atoms with E-state index in [1.165, 1.54) is 11.1 Å². The molecule has 4 nitrogen and oxygen atoms in total. The van der Waals surface area contributed by atoms with Gasteiger partial charge in [0.1, 0.15) is 5.75 Å². The highest BCUT2D eigenvalue weighted by Gasteiger charge is 2.32. The Kier molecular flexibility index (Phi) is 8.12. The fourth-order valence-electron chi connectivity index (χ4n) is 4.30. The second kappa shape index (κ2) is 11.0. The molecule has 1 unspecified atom stereocenters. The molecular weight excluding hydrogens is 362 g/mol. The average molecular weight is 396 g/mol. The lowest BCUT2D eigenvalue weighted by Gasteiger charge is -2.35. The first-order chi connectivity index (χ1) is 14.2. The van der Waals surface area contributed by atoms with Crippen LogP contribution in [0.5, 0.6) is 5.75 Å². The van der Waals surface area contributed by atoms with Crippen molar-refractivity contribution in [2.24, 2.45) is 11.8 Å². The van der Waals surface area contributed by atoms with E-state index in [4.69, 9.17) is 9.47 Å². The van der Waals surface area contributed by atoms with Crippen molar-refractivity contribution in [2.45, 2.75) is 39.2 Å². The first kappa shape index (κ1) is 21.4. The summed E-state index contributed by atoms with van der Waals surface area (Å²) in [5.41, 5.74) is 2.56. The number of esters is 1. The van der Waals surface area contributed by atoms with Gasteiger partial charge in [-0.25, -0.2) is 0 Å². The molecule has 1 heterocycles. The number of ether oxygens (including phenoxy) is 2. The van der Waals surface area contributed by atoms with Crippen molar-refractivity contribution < 1.29 is 14.3 Å². The third kappa shape index (κ3) is 6.33. The standard InChI is InChI=1S/C25H33NO3/c1-3-29-25(27)24(13-12-20-10-7-11-23(18-20)28-2)22-14-16-26(17-15-22)19-21-8-5-4-6-9-21/h4-11,18,22,24H,3,12-17,19H2,1-2H3. The maximum absolute atomic E-state index is 12.7. The predicted octanol–water partition coefficient (Wildman–Crippen LogP) is 4.72. The second-order valence-corrected chi connectivity index (χ2v) is 7.85. The lowest BCUT2D eigenvalue weighted by molar-refractivity contribution is -0.151. The zero-order valence-electron chi connectivity index (χ0n) is 17.7. The van der Waals surface area contributed by atoms with E-state index >= 15 is 0 Å². The van der Waals surface area contributed by atoms with Crippen LogP contribution in [0, 0.1) is 11.8 Å². The minimum absolute atomic E-state index is 0.0278. The third-order valence-corrected chi connectivity index (χ3v) is 5.92. The molecule has 3 rings (SSSR count). The first-order valence-corrected chi connectivity index (χ1v) is 10.8. The van der Waals surface area contributed by atoms with Crippen LogP contribution in [-0.4, -0.2) is 37.7 Å². The van der Waals surface area contributed by atoms with E-state index in [0.29, 0.717) is 12.5 Å². The van der Waals surface area contributed by atoms with Crippen molar-refractivity contribution in [3.8, 4) is 5.75 Å². The molecule has 4 heteroatoms. The van der Waals surface area contributed by atoms with Crippen molar-refractivity contribution >= 4 is 5.97 Å². The van der Waals surface area contributed by atoms with Gasteiger partial charge < -0.3 is 9.47 Å². The minimum Gasteiger partial charge on any atom is -0.497 e. The average Bonchev–Trinajstić information content (AvgIpc) is 2.76. The van der Waals surface area contributed by atoms with Gasteiger partial charge in [-0.3, -0.25) is 9.69 Å². The van der Waals surface area contributed by atoms with Crippen LogP contribution >= 0.6 is 0 Å². The summed E-state index contributed by atoms with van der Waals surface area (Å²) < 4.78 is 10.8. The van der Waals surface area contributed by atoms with Crippen LogP contribution < -0.4 is 4.74 Å². The molecule has 1 fully saturated rings. The molecule has 1 saturated heterocycles. The number of hydrogen-bond donors (Lipinski definition) is 0. The molecule has 0 aliphatic carbocycles. The summed E-state index contributed by atoms with van der Waals surface area (Å²) in [6, 6.07) is 18.7. The second-order valence-electron chi connectivity index (χ2n) is 7.85. The molecule has 29 heavy (non-hydrogen) atoms. The van der Waals surface area contributed by atoms with Gasteiger partial charge in [0.2, 0.25) is 0 Å². The number of methoxy groups -OCH3 is 1. The number of nitrogens with zero attached hydrogens (tertiary/aromatic N) is 1. The normalized spacial score (nSPS) is 16.3. The van der Waals surface area contributed by atoms with E-state index in [9.17, 15) is 4.79 Å². The monoisotopic (exact) mass is 395 g/mol. The smallest absolute Gasteiger partial charge is 0.309 e. The number of benzene rings is 2. The Balaban J connectivity index is 1.57. The summed E-state index contributed by atoms with van der Waals surface area (Å²) in [4.78, 5) is 15.2. The Morgan fingerprint density at radius 1 is 1.07 bits per heavy atom. The molecule has 1 aliphatic heterocycles. The lowest BCUT2D eigenvalue weighted by Crippen LogP contribution is -2.38. The molecule has 156 valence electrons. The van der Waals surface area contributed by atoms with Gasteiger partial charge >= 0.3 is 5.97 Å².